The van der Waals surface area contributed by atoms with Crippen molar-refractivity contribution in [2.24, 2.45) is 10.9 Å². The van der Waals surface area contributed by atoms with Crippen LogP contribution in [0.25, 0.3) is 0 Å². The van der Waals surface area contributed by atoms with Gasteiger partial charge in [-0.15, -0.1) is 0 Å². The number of hydrogen-bond donors (Lipinski definition) is 0. The Labute approximate surface area is 169 Å². The number of methoxy groups -OCH3 is 1. The number of carbonyl (C=O) groups excluding carboxylic acids is 1. The molecule has 1 aromatic heterocycles. The highest BCUT2D eigenvalue weighted by Gasteiger charge is 2.44. The molecule has 6 heteroatoms. The van der Waals surface area contributed by atoms with Crippen molar-refractivity contribution in [2.75, 3.05) is 7.11 Å². The third-order valence-electron chi connectivity index (χ3n) is 6.08. The summed E-state index contributed by atoms with van der Waals surface area (Å²) in [5.41, 5.74) is 4.30. The number of carbonyl (C=O) groups is 1. The molecule has 0 amide bonds. The minimum Gasteiger partial charge on any atom is -0.497 e. The van der Waals surface area contributed by atoms with Crippen LogP contribution in [0.2, 0.25) is 0 Å². The Bertz CT molecular complexity index is 1100. The number of benzene rings is 2. The Kier molecular flexibility index (Phi) is 4.27. The van der Waals surface area contributed by atoms with Crippen molar-refractivity contribution in [3.8, 4) is 5.75 Å². The van der Waals surface area contributed by atoms with Crippen molar-refractivity contribution in [1.29, 1.82) is 0 Å². The van der Waals surface area contributed by atoms with Gasteiger partial charge in [-0.1, -0.05) is 36.4 Å². The molecule has 0 radical (unpaired) electrons. The summed E-state index contributed by atoms with van der Waals surface area (Å²) in [6.07, 6.45) is 2.77. The predicted molar refractivity (Wildman–Crippen MR) is 110 cm³/mol. The summed E-state index contributed by atoms with van der Waals surface area (Å²) >= 11 is 0. The van der Waals surface area contributed by atoms with Gasteiger partial charge in [-0.3, -0.25) is 4.79 Å². The maximum atomic E-state index is 13.4. The zero-order chi connectivity index (χ0) is 20.0. The molecule has 2 heterocycles. The molecule has 2 aromatic carbocycles. The standard InChI is InChI=1S/C23H22N4O2/c1-14-5-3-4-6-18(14)22-21-19(26-23-24-13-25-27(22)23)11-16(12-20(21)28)15-7-9-17(29-2)10-8-15/h3-10,13,16,21-22H,11-12H2,1-2H3. The first-order valence-corrected chi connectivity index (χ1v) is 9.85. The second kappa shape index (κ2) is 6.95. The third kappa shape index (κ3) is 2.95. The first kappa shape index (κ1) is 17.8. The second-order valence-electron chi connectivity index (χ2n) is 7.73. The first-order chi connectivity index (χ1) is 14.2. The van der Waals surface area contributed by atoms with Crippen molar-refractivity contribution in [1.82, 2.24) is 14.8 Å². The average molecular weight is 386 g/mol. The molecule has 29 heavy (non-hydrogen) atoms. The summed E-state index contributed by atoms with van der Waals surface area (Å²) in [6.45, 7) is 2.07. The van der Waals surface area contributed by atoms with Crippen LogP contribution in [0.5, 0.6) is 5.75 Å². The number of aryl methyl sites for hydroxylation is 1. The number of aromatic nitrogens is 3. The van der Waals surface area contributed by atoms with Crippen LogP contribution in [0.15, 0.2) is 59.9 Å². The Hall–Kier alpha value is -3.28. The maximum absolute atomic E-state index is 13.4. The highest BCUT2D eigenvalue weighted by Crippen LogP contribution is 2.44. The summed E-state index contributed by atoms with van der Waals surface area (Å²) < 4.78 is 7.07. The molecule has 0 saturated heterocycles. The highest BCUT2D eigenvalue weighted by molar-refractivity contribution is 6.10. The van der Waals surface area contributed by atoms with Crippen LogP contribution >= 0.6 is 0 Å². The Morgan fingerprint density at radius 3 is 2.62 bits per heavy atom. The largest absolute Gasteiger partial charge is 0.497 e. The second-order valence-corrected chi connectivity index (χ2v) is 7.73. The molecular weight excluding hydrogens is 364 g/mol. The van der Waals surface area contributed by atoms with Gasteiger partial charge in [0.05, 0.1) is 19.1 Å². The highest BCUT2D eigenvalue weighted by atomic mass is 16.5. The minimum atomic E-state index is -0.292. The lowest BCUT2D eigenvalue weighted by atomic mass is 9.71. The Morgan fingerprint density at radius 1 is 1.07 bits per heavy atom. The fourth-order valence-electron chi connectivity index (χ4n) is 4.61. The number of Topliss-reactive ketones (excluding diaryl/α,β-unsaturated/α-hetero) is 1. The van der Waals surface area contributed by atoms with Crippen LogP contribution in [0.3, 0.4) is 0 Å². The van der Waals surface area contributed by atoms with Crippen LogP contribution in [0.1, 0.15) is 41.5 Å². The van der Waals surface area contributed by atoms with Gasteiger partial charge in [-0.05, 0) is 48.1 Å². The molecule has 3 aromatic rings. The van der Waals surface area contributed by atoms with E-state index in [0.29, 0.717) is 12.4 Å². The smallest absolute Gasteiger partial charge is 0.248 e. The van der Waals surface area contributed by atoms with Gasteiger partial charge < -0.3 is 4.74 Å². The summed E-state index contributed by atoms with van der Waals surface area (Å²) in [5, 5.41) is 4.41. The summed E-state index contributed by atoms with van der Waals surface area (Å²) in [5.74, 6) is 1.43. The lowest BCUT2D eigenvalue weighted by molar-refractivity contribution is -0.122. The Morgan fingerprint density at radius 2 is 1.86 bits per heavy atom. The van der Waals surface area contributed by atoms with Gasteiger partial charge in [0.1, 0.15) is 17.9 Å². The molecular formula is C23H22N4O2. The molecule has 0 spiro atoms. The van der Waals surface area contributed by atoms with Gasteiger partial charge in [-0.25, -0.2) is 9.67 Å². The van der Waals surface area contributed by atoms with Crippen LogP contribution in [-0.4, -0.2) is 33.4 Å². The van der Waals surface area contributed by atoms with Crippen molar-refractivity contribution < 1.29 is 9.53 Å². The third-order valence-corrected chi connectivity index (χ3v) is 6.08. The van der Waals surface area contributed by atoms with Gasteiger partial charge in [0.25, 0.3) is 0 Å². The molecule has 0 bridgehead atoms. The number of nitrogens with zero attached hydrogens (tertiary/aromatic N) is 4. The number of ether oxygens (including phenoxy) is 1. The van der Waals surface area contributed by atoms with Gasteiger partial charge in [0, 0.05) is 12.1 Å². The van der Waals surface area contributed by atoms with Crippen LogP contribution in [-0.2, 0) is 4.79 Å². The fraction of sp³-hybridized carbons (Fsp3) is 0.304. The van der Waals surface area contributed by atoms with Crippen LogP contribution < -0.4 is 4.74 Å². The number of fused-ring (bicyclic) bond motifs is 2. The molecule has 3 unspecified atom stereocenters. The lowest BCUT2D eigenvalue weighted by Crippen LogP contribution is -2.41. The van der Waals surface area contributed by atoms with Crippen molar-refractivity contribution in [3.05, 3.63) is 71.5 Å². The molecule has 2 aliphatic rings. The number of rotatable bonds is 3. The molecule has 3 atom stereocenters. The molecule has 5 rings (SSSR count). The van der Waals surface area contributed by atoms with E-state index >= 15 is 0 Å². The molecule has 6 nitrogen and oxygen atoms in total. The lowest BCUT2D eigenvalue weighted by Gasteiger charge is -2.37. The SMILES string of the molecule is COc1ccc(C2CC(=O)C3C(=Nc4ncnn4C3c3ccccc3C)C2)cc1. The first-order valence-electron chi connectivity index (χ1n) is 9.85. The van der Waals surface area contributed by atoms with Gasteiger partial charge in [0.15, 0.2) is 0 Å². The number of ketones is 1. The molecule has 146 valence electrons. The van der Waals surface area contributed by atoms with Crippen molar-refractivity contribution in [3.63, 3.8) is 0 Å². The van der Waals surface area contributed by atoms with E-state index in [1.807, 2.05) is 41.1 Å². The van der Waals surface area contributed by atoms with Crippen molar-refractivity contribution in [2.45, 2.75) is 31.7 Å². The fourth-order valence-corrected chi connectivity index (χ4v) is 4.61. The summed E-state index contributed by atoms with van der Waals surface area (Å²) in [4.78, 5) is 22.5. The van der Waals surface area contributed by atoms with E-state index in [1.54, 1.807) is 7.11 Å². The quantitative estimate of drug-likeness (QED) is 0.681. The number of aliphatic imine (C=N–C) groups is 1. The molecule has 1 fully saturated rings. The average Bonchev–Trinajstić information content (AvgIpc) is 3.21. The zero-order valence-corrected chi connectivity index (χ0v) is 16.4. The normalized spacial score (nSPS) is 23.2. The van der Waals surface area contributed by atoms with Crippen LogP contribution in [0, 0.1) is 12.8 Å². The Balaban J connectivity index is 1.55. The predicted octanol–water partition coefficient (Wildman–Crippen LogP) is 4.03. The molecule has 1 saturated carbocycles. The monoisotopic (exact) mass is 386 g/mol. The van der Waals surface area contributed by atoms with E-state index in [9.17, 15) is 4.79 Å². The van der Waals surface area contributed by atoms with E-state index < -0.39 is 0 Å². The van der Waals surface area contributed by atoms with E-state index in [0.717, 1.165) is 34.6 Å². The van der Waals surface area contributed by atoms with E-state index in [1.165, 1.54) is 6.33 Å². The van der Waals surface area contributed by atoms with Crippen LogP contribution in [0.4, 0.5) is 5.95 Å². The van der Waals surface area contributed by atoms with E-state index in [2.05, 4.69) is 29.1 Å². The molecule has 1 aliphatic carbocycles. The summed E-state index contributed by atoms with van der Waals surface area (Å²) in [7, 11) is 1.66. The topological polar surface area (TPSA) is 69.4 Å². The van der Waals surface area contributed by atoms with Gasteiger partial charge in [0.2, 0.25) is 5.95 Å². The number of hydrogen-bond acceptors (Lipinski definition) is 5. The van der Waals surface area contributed by atoms with E-state index in [-0.39, 0.29) is 23.7 Å². The molecule has 0 N–H and O–H groups in total. The minimum absolute atomic E-state index is 0.121. The maximum Gasteiger partial charge on any atom is 0.248 e. The zero-order valence-electron chi connectivity index (χ0n) is 16.4. The molecule has 1 aliphatic heterocycles. The van der Waals surface area contributed by atoms with Gasteiger partial charge >= 0.3 is 0 Å². The van der Waals surface area contributed by atoms with Crippen molar-refractivity contribution >= 4 is 17.4 Å². The summed E-state index contributed by atoms with van der Waals surface area (Å²) in [6, 6.07) is 16.0. The van der Waals surface area contributed by atoms with E-state index in [4.69, 9.17) is 9.73 Å². The van der Waals surface area contributed by atoms with Gasteiger partial charge in [-0.2, -0.15) is 10.1 Å².